The molecule has 0 radical (unpaired) electrons. The van der Waals surface area contributed by atoms with Gasteiger partial charge in [0.1, 0.15) is 5.75 Å². The molecule has 1 saturated carbocycles. The quantitative estimate of drug-likeness (QED) is 0.515. The van der Waals surface area contributed by atoms with Gasteiger partial charge >= 0.3 is 0 Å². The van der Waals surface area contributed by atoms with Gasteiger partial charge in [-0.2, -0.15) is 0 Å². The second-order valence-corrected chi connectivity index (χ2v) is 12.0. The summed E-state index contributed by atoms with van der Waals surface area (Å²) in [7, 11) is 0. The molecule has 38 heavy (non-hydrogen) atoms. The van der Waals surface area contributed by atoms with Crippen LogP contribution in [0.1, 0.15) is 61.6 Å². The molecule has 0 unspecified atom stereocenters. The smallest absolute Gasteiger partial charge is 0.290 e. The van der Waals surface area contributed by atoms with Gasteiger partial charge in [0, 0.05) is 6.54 Å². The minimum atomic E-state index is -0.403. The van der Waals surface area contributed by atoms with Crippen LogP contribution in [0.2, 0.25) is 0 Å². The Morgan fingerprint density at radius 3 is 2.29 bits per heavy atom. The number of nitrogens with zero attached hydrogens (tertiary/aromatic N) is 2. The lowest BCUT2D eigenvalue weighted by molar-refractivity contribution is -0.121. The maximum Gasteiger partial charge on any atom is 0.290 e. The van der Waals surface area contributed by atoms with E-state index in [2.05, 4.69) is 34.5 Å². The summed E-state index contributed by atoms with van der Waals surface area (Å²) in [5, 5.41) is 1.89. The maximum absolute atomic E-state index is 12.8. The molecular formula is C30H33N3O4S. The normalized spacial score (nSPS) is 22.5. The zero-order valence-corrected chi connectivity index (χ0v) is 22.4. The number of carbonyl (C=O) groups is 3. The van der Waals surface area contributed by atoms with Crippen LogP contribution in [0.5, 0.6) is 5.75 Å². The van der Waals surface area contributed by atoms with Gasteiger partial charge in [-0.3, -0.25) is 24.6 Å². The Balaban J connectivity index is 1.12. The third kappa shape index (κ3) is 5.38. The van der Waals surface area contributed by atoms with Crippen LogP contribution in [-0.4, -0.2) is 41.6 Å². The molecule has 198 valence electrons. The second kappa shape index (κ2) is 10.6. The average molecular weight is 532 g/mol. The van der Waals surface area contributed by atoms with Crippen LogP contribution in [0.15, 0.2) is 47.4 Å². The van der Waals surface area contributed by atoms with Crippen LogP contribution in [-0.2, 0) is 22.7 Å². The molecule has 8 heteroatoms. The molecule has 2 saturated heterocycles. The van der Waals surface area contributed by atoms with Crippen molar-refractivity contribution in [2.24, 2.45) is 5.41 Å². The fourth-order valence-corrected chi connectivity index (χ4v) is 6.92. The van der Waals surface area contributed by atoms with Crippen LogP contribution >= 0.6 is 11.8 Å². The zero-order valence-electron chi connectivity index (χ0n) is 21.5. The fraction of sp³-hybridized carbons (Fsp3) is 0.433. The topological polar surface area (TPSA) is 79.0 Å². The number of carbonyl (C=O) groups excluding carboxylic acids is 3. The number of anilines is 1. The van der Waals surface area contributed by atoms with E-state index in [9.17, 15) is 14.4 Å². The molecule has 3 heterocycles. The van der Waals surface area contributed by atoms with Gasteiger partial charge in [0.25, 0.3) is 17.1 Å². The van der Waals surface area contributed by atoms with Crippen LogP contribution in [0.3, 0.4) is 0 Å². The summed E-state index contributed by atoms with van der Waals surface area (Å²) < 4.78 is 5.66. The molecule has 3 aliphatic heterocycles. The second-order valence-electron chi connectivity index (χ2n) is 11.0. The average Bonchev–Trinajstić information content (AvgIpc) is 3.25. The number of imide groups is 1. The Labute approximate surface area is 227 Å². The summed E-state index contributed by atoms with van der Waals surface area (Å²) in [5.41, 5.74) is 4.37. The number of amides is 3. The first-order valence-corrected chi connectivity index (χ1v) is 14.4. The number of ether oxygens (including phenoxy) is 1. The van der Waals surface area contributed by atoms with Gasteiger partial charge in [-0.05, 0) is 90.8 Å². The van der Waals surface area contributed by atoms with E-state index in [4.69, 9.17) is 4.74 Å². The van der Waals surface area contributed by atoms with Gasteiger partial charge < -0.3 is 9.64 Å². The summed E-state index contributed by atoms with van der Waals surface area (Å²) in [6.07, 6.45) is 11.4. The Bertz CT molecular complexity index is 1270. The lowest BCUT2D eigenvalue weighted by Gasteiger charge is -2.44. The molecule has 1 N–H and O–H groups in total. The highest BCUT2D eigenvalue weighted by atomic mass is 32.2. The van der Waals surface area contributed by atoms with Crippen molar-refractivity contribution in [3.63, 3.8) is 0 Å². The number of benzene rings is 2. The van der Waals surface area contributed by atoms with Crippen molar-refractivity contribution in [1.82, 2.24) is 10.2 Å². The van der Waals surface area contributed by atoms with E-state index in [0.717, 1.165) is 29.4 Å². The largest absolute Gasteiger partial charge is 0.482 e. The predicted octanol–water partition coefficient (Wildman–Crippen LogP) is 5.48. The standard InChI is InChI=1S/C30H33N3O4S/c34-27-20-37-25-9-8-23(17-26-28(35)31-29(36)38-26)16-24(25)33(27)19-22-6-4-21(5-7-22)18-32-14-12-30(13-15-32)10-2-1-3-11-30/h4-9,16-17H,1-3,10-15,18-20H2,(H,31,35,36). The molecule has 3 amide bonds. The predicted molar refractivity (Wildman–Crippen MR) is 149 cm³/mol. The van der Waals surface area contributed by atoms with Crippen molar-refractivity contribution < 1.29 is 19.1 Å². The minimum Gasteiger partial charge on any atom is -0.482 e. The molecule has 2 aromatic rings. The Morgan fingerprint density at radius 2 is 1.61 bits per heavy atom. The van der Waals surface area contributed by atoms with Crippen molar-refractivity contribution in [1.29, 1.82) is 0 Å². The molecular weight excluding hydrogens is 498 g/mol. The van der Waals surface area contributed by atoms with Gasteiger partial charge in [-0.1, -0.05) is 49.6 Å². The molecule has 6 rings (SSSR count). The molecule has 4 aliphatic rings. The van der Waals surface area contributed by atoms with Crippen molar-refractivity contribution in [2.45, 2.75) is 58.0 Å². The van der Waals surface area contributed by atoms with Crippen molar-refractivity contribution in [2.75, 3.05) is 24.6 Å². The molecule has 0 atom stereocenters. The summed E-state index contributed by atoms with van der Waals surface area (Å²) in [6.45, 7) is 3.78. The highest BCUT2D eigenvalue weighted by molar-refractivity contribution is 8.18. The van der Waals surface area contributed by atoms with Crippen LogP contribution in [0, 0.1) is 5.41 Å². The monoisotopic (exact) mass is 531 g/mol. The lowest BCUT2D eigenvalue weighted by atomic mass is 9.68. The maximum atomic E-state index is 12.8. The SMILES string of the molecule is O=C1NC(=O)C(=Cc2ccc3c(c2)N(Cc2ccc(CN4CCC5(CCCCC5)CC4)cc2)C(=O)CO3)S1. The van der Waals surface area contributed by atoms with E-state index in [0.29, 0.717) is 28.3 Å². The summed E-state index contributed by atoms with van der Waals surface area (Å²) >= 11 is 0.875. The number of thioether (sulfide) groups is 1. The molecule has 3 fully saturated rings. The third-order valence-electron chi connectivity index (χ3n) is 8.47. The van der Waals surface area contributed by atoms with Gasteiger partial charge in [0.05, 0.1) is 17.1 Å². The molecule has 7 nitrogen and oxygen atoms in total. The number of fused-ring (bicyclic) bond motifs is 1. The highest BCUT2D eigenvalue weighted by Crippen LogP contribution is 2.44. The number of likely N-dealkylation sites (tertiary alicyclic amines) is 1. The van der Waals surface area contributed by atoms with E-state index in [1.54, 1.807) is 17.0 Å². The van der Waals surface area contributed by atoms with Gasteiger partial charge in [-0.25, -0.2) is 0 Å². The van der Waals surface area contributed by atoms with Crippen molar-refractivity contribution in [3.05, 3.63) is 64.1 Å². The molecule has 0 bridgehead atoms. The van der Waals surface area contributed by atoms with Crippen molar-refractivity contribution >= 4 is 40.6 Å². The van der Waals surface area contributed by atoms with E-state index >= 15 is 0 Å². The Kier molecular flexibility index (Phi) is 7.01. The van der Waals surface area contributed by atoms with Crippen LogP contribution in [0.4, 0.5) is 10.5 Å². The first kappa shape index (κ1) is 25.2. The third-order valence-corrected chi connectivity index (χ3v) is 9.28. The summed E-state index contributed by atoms with van der Waals surface area (Å²) in [5.74, 6) is 0.114. The van der Waals surface area contributed by atoms with Gasteiger partial charge in [-0.15, -0.1) is 0 Å². The van der Waals surface area contributed by atoms with Crippen LogP contribution in [0.25, 0.3) is 6.08 Å². The molecule has 0 aromatic heterocycles. The van der Waals surface area contributed by atoms with Gasteiger partial charge in [0.2, 0.25) is 0 Å². The molecule has 1 aliphatic carbocycles. The summed E-state index contributed by atoms with van der Waals surface area (Å²) in [6, 6.07) is 14.0. The number of piperidine rings is 1. The van der Waals surface area contributed by atoms with E-state index < -0.39 is 5.91 Å². The Morgan fingerprint density at radius 1 is 0.895 bits per heavy atom. The first-order valence-electron chi connectivity index (χ1n) is 13.6. The summed E-state index contributed by atoms with van der Waals surface area (Å²) in [4.78, 5) is 40.9. The van der Waals surface area contributed by atoms with E-state index in [1.807, 2.05) is 12.1 Å². The first-order chi connectivity index (χ1) is 18.5. The molecule has 2 aromatic carbocycles. The molecule has 1 spiro atoms. The fourth-order valence-electron chi connectivity index (χ4n) is 6.23. The van der Waals surface area contributed by atoms with Crippen molar-refractivity contribution in [3.8, 4) is 5.75 Å². The number of nitrogens with one attached hydrogen (secondary N) is 1. The number of rotatable bonds is 5. The highest BCUT2D eigenvalue weighted by Gasteiger charge is 2.35. The van der Waals surface area contributed by atoms with E-state index in [-0.39, 0.29) is 17.8 Å². The van der Waals surface area contributed by atoms with E-state index in [1.165, 1.54) is 63.6 Å². The zero-order chi connectivity index (χ0) is 26.1. The minimum absolute atomic E-state index is 0.00523. The van der Waals surface area contributed by atoms with Gasteiger partial charge in [0.15, 0.2) is 6.61 Å². The number of hydrogen-bond acceptors (Lipinski definition) is 6. The number of hydrogen-bond donors (Lipinski definition) is 1. The lowest BCUT2D eigenvalue weighted by Crippen LogP contribution is -2.40. The Hall–Kier alpha value is -3.10. The van der Waals surface area contributed by atoms with Crippen LogP contribution < -0.4 is 15.0 Å².